The first-order chi connectivity index (χ1) is 11.0. The molecule has 0 saturated carbocycles. The van der Waals surface area contributed by atoms with Crippen molar-refractivity contribution in [3.63, 3.8) is 0 Å². The summed E-state index contributed by atoms with van der Waals surface area (Å²) >= 11 is 6.06. The van der Waals surface area contributed by atoms with Crippen LogP contribution >= 0.6 is 11.6 Å². The zero-order chi connectivity index (χ0) is 16.4. The number of nitrogens with zero attached hydrogens (tertiary/aromatic N) is 2. The third-order valence-corrected chi connectivity index (χ3v) is 4.08. The maximum atomic E-state index is 11.1. The zero-order valence-corrected chi connectivity index (χ0v) is 13.5. The lowest BCUT2D eigenvalue weighted by Gasteiger charge is -2.16. The summed E-state index contributed by atoms with van der Waals surface area (Å²) in [5.41, 5.74) is 2.84. The van der Waals surface area contributed by atoms with Crippen molar-refractivity contribution in [1.29, 1.82) is 0 Å². The number of fused-ring (bicyclic) bond motifs is 1. The molecule has 1 heterocycles. The summed E-state index contributed by atoms with van der Waals surface area (Å²) in [6.07, 6.45) is 0.701. The predicted molar refractivity (Wildman–Crippen MR) is 91.0 cm³/mol. The summed E-state index contributed by atoms with van der Waals surface area (Å²) in [5.74, 6) is 0.0289. The normalized spacial score (nSPS) is 12.4. The summed E-state index contributed by atoms with van der Waals surface area (Å²) in [6.45, 7) is 1.90. The average Bonchev–Trinajstić information content (AvgIpc) is 2.84. The Hall–Kier alpha value is -2.33. The quantitative estimate of drug-likeness (QED) is 0.759. The third kappa shape index (κ3) is 3.37. The van der Waals surface area contributed by atoms with Crippen LogP contribution in [0.5, 0.6) is 0 Å². The summed E-state index contributed by atoms with van der Waals surface area (Å²) in [6, 6.07) is 15.4. The highest BCUT2D eigenvalue weighted by Crippen LogP contribution is 2.27. The van der Waals surface area contributed by atoms with Gasteiger partial charge in [-0.3, -0.25) is 4.79 Å². The maximum Gasteiger partial charge on any atom is 0.305 e. The van der Waals surface area contributed by atoms with Crippen LogP contribution in [0, 0.1) is 0 Å². The molecule has 0 aliphatic carbocycles. The third-order valence-electron chi connectivity index (χ3n) is 3.84. The van der Waals surface area contributed by atoms with Gasteiger partial charge in [-0.1, -0.05) is 41.9 Å². The number of benzene rings is 2. The molecular weight excluding hydrogens is 312 g/mol. The minimum Gasteiger partial charge on any atom is -0.481 e. The Bertz CT molecular complexity index is 843. The van der Waals surface area contributed by atoms with Gasteiger partial charge in [0, 0.05) is 17.5 Å². The van der Waals surface area contributed by atoms with Gasteiger partial charge < -0.3 is 9.67 Å². The van der Waals surface area contributed by atoms with Crippen molar-refractivity contribution < 1.29 is 9.90 Å². The summed E-state index contributed by atoms with van der Waals surface area (Å²) in [5, 5.41) is 9.75. The minimum absolute atomic E-state index is 0.0515. The molecule has 3 rings (SSSR count). The number of hydrogen-bond donors (Lipinski definition) is 1. The number of hydrogen-bond acceptors (Lipinski definition) is 2. The van der Waals surface area contributed by atoms with E-state index in [0.717, 1.165) is 22.4 Å². The van der Waals surface area contributed by atoms with Crippen LogP contribution in [0.2, 0.25) is 5.02 Å². The van der Waals surface area contributed by atoms with Crippen molar-refractivity contribution in [3.05, 3.63) is 64.9 Å². The Morgan fingerprint density at radius 2 is 2.00 bits per heavy atom. The number of imidazole rings is 1. The lowest BCUT2D eigenvalue weighted by atomic mass is 10.1. The van der Waals surface area contributed by atoms with E-state index >= 15 is 0 Å². The van der Waals surface area contributed by atoms with Gasteiger partial charge in [0.1, 0.15) is 5.82 Å². The van der Waals surface area contributed by atoms with Crippen LogP contribution in [-0.4, -0.2) is 20.6 Å². The molecule has 1 aromatic heterocycles. The smallest absolute Gasteiger partial charge is 0.305 e. The second-order valence-electron chi connectivity index (χ2n) is 5.64. The molecule has 0 aliphatic heterocycles. The second-order valence-corrected chi connectivity index (χ2v) is 6.08. The zero-order valence-electron chi connectivity index (χ0n) is 12.7. The van der Waals surface area contributed by atoms with Crippen molar-refractivity contribution in [2.75, 3.05) is 0 Å². The lowest BCUT2D eigenvalue weighted by molar-refractivity contribution is -0.137. The van der Waals surface area contributed by atoms with Gasteiger partial charge >= 0.3 is 5.97 Å². The standard InChI is InChI=1S/C18H17ClN2O2/c1-12(9-18(22)23)21-16-8-7-14(19)11-15(16)20-17(21)10-13-5-3-2-4-6-13/h2-8,11-12H,9-10H2,1H3,(H,22,23). The molecule has 1 atom stereocenters. The predicted octanol–water partition coefficient (Wildman–Crippen LogP) is 4.32. The van der Waals surface area contributed by atoms with E-state index in [1.54, 1.807) is 0 Å². The highest BCUT2D eigenvalue weighted by atomic mass is 35.5. The average molecular weight is 329 g/mol. The minimum atomic E-state index is -0.820. The molecule has 23 heavy (non-hydrogen) atoms. The molecule has 2 aromatic carbocycles. The molecule has 5 heteroatoms. The fraction of sp³-hybridized carbons (Fsp3) is 0.222. The van der Waals surface area contributed by atoms with Crippen LogP contribution in [0.4, 0.5) is 0 Å². The summed E-state index contributed by atoms with van der Waals surface area (Å²) in [7, 11) is 0. The van der Waals surface area contributed by atoms with Gasteiger partial charge in [-0.15, -0.1) is 0 Å². The molecule has 0 bridgehead atoms. The fourth-order valence-corrected chi connectivity index (χ4v) is 3.03. The van der Waals surface area contributed by atoms with E-state index in [9.17, 15) is 4.79 Å². The summed E-state index contributed by atoms with van der Waals surface area (Å²) in [4.78, 5) is 15.8. The van der Waals surface area contributed by atoms with Gasteiger partial charge in [0.15, 0.2) is 0 Å². The van der Waals surface area contributed by atoms with Crippen molar-refractivity contribution in [2.45, 2.75) is 25.8 Å². The van der Waals surface area contributed by atoms with Gasteiger partial charge in [0.2, 0.25) is 0 Å². The van der Waals surface area contributed by atoms with E-state index in [0.29, 0.717) is 11.4 Å². The van der Waals surface area contributed by atoms with Crippen LogP contribution < -0.4 is 0 Å². The molecule has 118 valence electrons. The van der Waals surface area contributed by atoms with Crippen molar-refractivity contribution >= 4 is 28.6 Å². The van der Waals surface area contributed by atoms with E-state index < -0.39 is 5.97 Å². The van der Waals surface area contributed by atoms with Crippen molar-refractivity contribution in [3.8, 4) is 0 Å². The largest absolute Gasteiger partial charge is 0.481 e. The molecule has 4 nitrogen and oxygen atoms in total. The van der Waals surface area contributed by atoms with Crippen LogP contribution in [0.25, 0.3) is 11.0 Å². The molecule has 3 aromatic rings. The first-order valence-electron chi connectivity index (χ1n) is 7.46. The maximum absolute atomic E-state index is 11.1. The number of aliphatic carboxylic acids is 1. The molecular formula is C18H17ClN2O2. The lowest BCUT2D eigenvalue weighted by Crippen LogP contribution is -2.13. The SMILES string of the molecule is CC(CC(=O)O)n1c(Cc2ccccc2)nc2cc(Cl)ccc21. The van der Waals surface area contributed by atoms with Crippen LogP contribution in [-0.2, 0) is 11.2 Å². The van der Waals surface area contributed by atoms with Crippen LogP contribution in [0.15, 0.2) is 48.5 Å². The molecule has 1 N–H and O–H groups in total. The summed E-state index contributed by atoms with van der Waals surface area (Å²) < 4.78 is 2.01. The Kier molecular flexibility index (Phi) is 4.35. The van der Waals surface area contributed by atoms with E-state index in [-0.39, 0.29) is 12.5 Å². The molecule has 0 radical (unpaired) electrons. The van der Waals surface area contributed by atoms with Crippen molar-refractivity contribution in [1.82, 2.24) is 9.55 Å². The molecule has 0 aliphatic rings. The first kappa shape index (κ1) is 15.6. The first-order valence-corrected chi connectivity index (χ1v) is 7.84. The number of carbonyl (C=O) groups is 1. The second kappa shape index (κ2) is 6.42. The monoisotopic (exact) mass is 328 g/mol. The highest BCUT2D eigenvalue weighted by molar-refractivity contribution is 6.31. The number of carboxylic acids is 1. The topological polar surface area (TPSA) is 55.1 Å². The number of carboxylic acid groups (broad SMARTS) is 1. The molecule has 0 spiro atoms. The molecule has 0 amide bonds. The van der Waals surface area contributed by atoms with E-state index in [1.165, 1.54) is 0 Å². The Morgan fingerprint density at radius 1 is 1.26 bits per heavy atom. The van der Waals surface area contributed by atoms with Crippen LogP contribution in [0.1, 0.15) is 30.8 Å². The number of halogens is 1. The van der Waals surface area contributed by atoms with Crippen LogP contribution in [0.3, 0.4) is 0 Å². The van der Waals surface area contributed by atoms with Gasteiger partial charge in [-0.25, -0.2) is 4.98 Å². The Morgan fingerprint density at radius 3 is 2.70 bits per heavy atom. The van der Waals surface area contributed by atoms with Gasteiger partial charge in [0.25, 0.3) is 0 Å². The molecule has 1 unspecified atom stereocenters. The van der Waals surface area contributed by atoms with E-state index in [2.05, 4.69) is 4.98 Å². The fourth-order valence-electron chi connectivity index (χ4n) is 2.86. The van der Waals surface area contributed by atoms with Gasteiger partial charge in [-0.2, -0.15) is 0 Å². The van der Waals surface area contributed by atoms with E-state index in [4.69, 9.17) is 16.7 Å². The Balaban J connectivity index is 2.09. The molecule has 0 saturated heterocycles. The van der Waals surface area contributed by atoms with Gasteiger partial charge in [-0.05, 0) is 30.7 Å². The van der Waals surface area contributed by atoms with E-state index in [1.807, 2.05) is 60.0 Å². The van der Waals surface area contributed by atoms with Gasteiger partial charge in [0.05, 0.1) is 17.5 Å². The van der Waals surface area contributed by atoms with Crippen molar-refractivity contribution in [2.24, 2.45) is 0 Å². The highest BCUT2D eigenvalue weighted by Gasteiger charge is 2.18. The molecule has 0 fully saturated rings. The Labute approximate surface area is 139 Å². The number of aromatic nitrogens is 2. The number of rotatable bonds is 5.